The quantitative estimate of drug-likeness (QED) is 0.853. The molecular weight excluding hydrogens is 248 g/mol. The number of nitrogens with zero attached hydrogens (tertiary/aromatic N) is 4. The van der Waals surface area contributed by atoms with E-state index in [0.717, 1.165) is 29.4 Å². The van der Waals surface area contributed by atoms with Crippen molar-refractivity contribution in [2.45, 2.75) is 27.3 Å². The van der Waals surface area contributed by atoms with Crippen molar-refractivity contribution in [2.75, 3.05) is 11.4 Å². The molecule has 2 aromatic rings. The highest BCUT2D eigenvalue weighted by atomic mass is 15.2. The molecular formula is C16H18N4. The lowest BCUT2D eigenvalue weighted by Gasteiger charge is -2.22. The second kappa shape index (κ2) is 6.16. The lowest BCUT2D eigenvalue weighted by Crippen LogP contribution is -2.24. The molecule has 2 aromatic heterocycles. The maximum absolute atomic E-state index is 9.06. The van der Waals surface area contributed by atoms with Crippen LogP contribution in [-0.4, -0.2) is 16.5 Å². The van der Waals surface area contributed by atoms with Crippen molar-refractivity contribution in [2.24, 2.45) is 0 Å². The molecule has 2 rings (SSSR count). The molecule has 0 saturated heterocycles. The molecule has 0 atom stereocenters. The summed E-state index contributed by atoms with van der Waals surface area (Å²) < 4.78 is 0. The summed E-state index contributed by atoms with van der Waals surface area (Å²) in [4.78, 5) is 11.2. The van der Waals surface area contributed by atoms with Crippen LogP contribution in [0.1, 0.15) is 29.6 Å². The smallest absolute Gasteiger partial charge is 0.130 e. The number of hydrogen-bond acceptors (Lipinski definition) is 4. The maximum atomic E-state index is 9.06. The average molecular weight is 266 g/mol. The van der Waals surface area contributed by atoms with Gasteiger partial charge >= 0.3 is 0 Å². The fourth-order valence-corrected chi connectivity index (χ4v) is 2.12. The molecule has 0 unspecified atom stereocenters. The third kappa shape index (κ3) is 3.33. The fourth-order valence-electron chi connectivity index (χ4n) is 2.12. The van der Waals surface area contributed by atoms with Gasteiger partial charge in [0.2, 0.25) is 0 Å². The first-order valence-electron chi connectivity index (χ1n) is 6.68. The molecule has 0 aliphatic rings. The van der Waals surface area contributed by atoms with E-state index in [0.29, 0.717) is 12.1 Å². The van der Waals surface area contributed by atoms with Gasteiger partial charge in [0, 0.05) is 17.9 Å². The van der Waals surface area contributed by atoms with Crippen molar-refractivity contribution >= 4 is 5.82 Å². The van der Waals surface area contributed by atoms with Crippen LogP contribution in [0.2, 0.25) is 0 Å². The molecule has 0 fully saturated rings. The van der Waals surface area contributed by atoms with Crippen molar-refractivity contribution in [1.82, 2.24) is 9.97 Å². The maximum Gasteiger partial charge on any atom is 0.130 e. The monoisotopic (exact) mass is 266 g/mol. The Morgan fingerprint density at radius 3 is 2.60 bits per heavy atom. The minimum atomic E-state index is 0.642. The van der Waals surface area contributed by atoms with Gasteiger partial charge in [-0.15, -0.1) is 0 Å². The fraction of sp³-hybridized carbons (Fsp3) is 0.312. The van der Waals surface area contributed by atoms with Crippen molar-refractivity contribution in [3.05, 3.63) is 53.0 Å². The lowest BCUT2D eigenvalue weighted by atomic mass is 10.2. The Labute approximate surface area is 119 Å². The molecule has 20 heavy (non-hydrogen) atoms. The van der Waals surface area contributed by atoms with E-state index in [2.05, 4.69) is 27.9 Å². The number of aromatic nitrogens is 2. The van der Waals surface area contributed by atoms with Crippen molar-refractivity contribution in [1.29, 1.82) is 5.26 Å². The molecule has 0 amide bonds. The van der Waals surface area contributed by atoms with E-state index in [1.165, 1.54) is 0 Å². The van der Waals surface area contributed by atoms with E-state index >= 15 is 0 Å². The Balaban J connectivity index is 2.29. The Morgan fingerprint density at radius 2 is 1.95 bits per heavy atom. The van der Waals surface area contributed by atoms with Gasteiger partial charge in [-0.1, -0.05) is 6.07 Å². The molecule has 0 bridgehead atoms. The third-order valence-electron chi connectivity index (χ3n) is 3.07. The lowest BCUT2D eigenvalue weighted by molar-refractivity contribution is 0.788. The molecule has 0 spiro atoms. The highest BCUT2D eigenvalue weighted by Crippen LogP contribution is 2.16. The van der Waals surface area contributed by atoms with Gasteiger partial charge in [-0.2, -0.15) is 5.26 Å². The van der Waals surface area contributed by atoms with E-state index < -0.39 is 0 Å². The normalized spacial score (nSPS) is 10.1. The van der Waals surface area contributed by atoms with Crippen LogP contribution in [0.4, 0.5) is 5.82 Å². The zero-order valence-electron chi connectivity index (χ0n) is 12.1. The van der Waals surface area contributed by atoms with E-state index in [1.54, 1.807) is 6.07 Å². The summed E-state index contributed by atoms with van der Waals surface area (Å²) in [5, 5.41) is 9.06. The first-order valence-corrected chi connectivity index (χ1v) is 6.68. The predicted octanol–water partition coefficient (Wildman–Crippen LogP) is 2.99. The summed E-state index contributed by atoms with van der Waals surface area (Å²) in [6.07, 6.45) is 0. The average Bonchev–Trinajstić information content (AvgIpc) is 2.44. The zero-order valence-corrected chi connectivity index (χ0v) is 12.1. The van der Waals surface area contributed by atoms with E-state index in [4.69, 9.17) is 5.26 Å². The van der Waals surface area contributed by atoms with E-state index in [1.807, 2.05) is 38.1 Å². The summed E-state index contributed by atoms with van der Waals surface area (Å²) in [6, 6.07) is 11.8. The van der Waals surface area contributed by atoms with E-state index in [9.17, 15) is 0 Å². The van der Waals surface area contributed by atoms with Gasteiger partial charge in [0.1, 0.15) is 5.82 Å². The number of aryl methyl sites for hydroxylation is 2. The predicted molar refractivity (Wildman–Crippen MR) is 79.4 cm³/mol. The van der Waals surface area contributed by atoms with Gasteiger partial charge in [-0.3, -0.25) is 4.98 Å². The Kier molecular flexibility index (Phi) is 4.31. The van der Waals surface area contributed by atoms with Crippen LogP contribution in [0, 0.1) is 25.2 Å². The first kappa shape index (κ1) is 14.0. The molecule has 0 aliphatic carbocycles. The molecule has 0 saturated carbocycles. The Morgan fingerprint density at radius 1 is 1.15 bits per heavy atom. The molecule has 4 heteroatoms. The Bertz CT molecular complexity index is 643. The molecule has 0 radical (unpaired) electrons. The van der Waals surface area contributed by atoms with Crippen LogP contribution in [0.15, 0.2) is 30.3 Å². The highest BCUT2D eigenvalue weighted by molar-refractivity contribution is 5.46. The number of anilines is 1. The highest BCUT2D eigenvalue weighted by Gasteiger charge is 2.09. The SMILES string of the molecule is CCN(Cc1cccc(C)n1)c1cc(C#N)cc(C)n1. The number of pyridine rings is 2. The zero-order chi connectivity index (χ0) is 14.5. The summed E-state index contributed by atoms with van der Waals surface area (Å²) in [5.41, 5.74) is 3.51. The second-order valence-electron chi connectivity index (χ2n) is 4.75. The molecule has 4 nitrogen and oxygen atoms in total. The van der Waals surface area contributed by atoms with E-state index in [-0.39, 0.29) is 0 Å². The molecule has 0 aromatic carbocycles. The van der Waals surface area contributed by atoms with Crippen LogP contribution >= 0.6 is 0 Å². The molecule has 102 valence electrons. The number of hydrogen-bond donors (Lipinski definition) is 0. The topological polar surface area (TPSA) is 52.8 Å². The summed E-state index contributed by atoms with van der Waals surface area (Å²) >= 11 is 0. The Hall–Kier alpha value is -2.41. The van der Waals surface area contributed by atoms with Gasteiger partial charge in [0.15, 0.2) is 0 Å². The summed E-state index contributed by atoms with van der Waals surface area (Å²) in [5.74, 6) is 0.826. The first-order chi connectivity index (χ1) is 9.62. The second-order valence-corrected chi connectivity index (χ2v) is 4.75. The third-order valence-corrected chi connectivity index (χ3v) is 3.07. The number of nitriles is 1. The largest absolute Gasteiger partial charge is 0.351 e. The van der Waals surface area contributed by atoms with Crippen molar-refractivity contribution < 1.29 is 0 Å². The van der Waals surface area contributed by atoms with Gasteiger partial charge < -0.3 is 4.90 Å². The minimum Gasteiger partial charge on any atom is -0.351 e. The van der Waals surface area contributed by atoms with Gasteiger partial charge in [-0.05, 0) is 45.0 Å². The van der Waals surface area contributed by atoms with Crippen LogP contribution in [0.5, 0.6) is 0 Å². The van der Waals surface area contributed by atoms with Crippen molar-refractivity contribution in [3.8, 4) is 6.07 Å². The standard InChI is InChI=1S/C16H18N4/c1-4-20(11-15-7-5-6-12(2)18-15)16-9-14(10-17)8-13(3)19-16/h5-9H,4,11H2,1-3H3. The molecule has 2 heterocycles. The van der Waals surface area contributed by atoms with Crippen LogP contribution in [0.25, 0.3) is 0 Å². The van der Waals surface area contributed by atoms with Gasteiger partial charge in [-0.25, -0.2) is 4.98 Å². The number of rotatable bonds is 4. The minimum absolute atomic E-state index is 0.642. The molecule has 0 aliphatic heterocycles. The van der Waals surface area contributed by atoms with Crippen LogP contribution in [-0.2, 0) is 6.54 Å². The van der Waals surface area contributed by atoms with Crippen LogP contribution in [0.3, 0.4) is 0 Å². The van der Waals surface area contributed by atoms with Gasteiger partial charge in [0.25, 0.3) is 0 Å². The van der Waals surface area contributed by atoms with Gasteiger partial charge in [0.05, 0.1) is 23.9 Å². The summed E-state index contributed by atoms with van der Waals surface area (Å²) in [6.45, 7) is 7.48. The summed E-state index contributed by atoms with van der Waals surface area (Å²) in [7, 11) is 0. The van der Waals surface area contributed by atoms with Crippen molar-refractivity contribution in [3.63, 3.8) is 0 Å². The molecule has 0 N–H and O–H groups in total. The van der Waals surface area contributed by atoms with Crippen LogP contribution < -0.4 is 4.90 Å².